The van der Waals surface area contributed by atoms with E-state index in [9.17, 15) is 0 Å². The number of methoxy groups -OCH3 is 1. The smallest absolute Gasteiger partial charge is 0.486 e. The van der Waals surface area contributed by atoms with Crippen molar-refractivity contribution in [3.8, 4) is 0 Å². The number of aliphatic imine (C=N–C) groups is 1. The van der Waals surface area contributed by atoms with Gasteiger partial charge in [-0.3, -0.25) is 0 Å². The van der Waals surface area contributed by atoms with Crippen LogP contribution in [-0.4, -0.2) is 30.7 Å². The zero-order chi connectivity index (χ0) is 9.68. The molecule has 0 aromatic heterocycles. The molecular formula is C8H10BNO3. The SMILES string of the molecule is CO/C=N/c1ccccc1B(O)O. The molecule has 0 aliphatic rings. The largest absolute Gasteiger partial charge is 0.490 e. The van der Waals surface area contributed by atoms with E-state index in [-0.39, 0.29) is 0 Å². The van der Waals surface area contributed by atoms with Gasteiger partial charge in [-0.1, -0.05) is 18.2 Å². The number of hydrogen-bond acceptors (Lipinski definition) is 4. The second-order valence-corrected chi connectivity index (χ2v) is 2.40. The average Bonchev–Trinajstić information content (AvgIpc) is 2.15. The molecule has 0 atom stereocenters. The summed E-state index contributed by atoms with van der Waals surface area (Å²) in [5.74, 6) is 0. The lowest BCUT2D eigenvalue weighted by atomic mass is 9.79. The van der Waals surface area contributed by atoms with E-state index >= 15 is 0 Å². The third kappa shape index (κ3) is 2.57. The Balaban J connectivity index is 2.97. The van der Waals surface area contributed by atoms with Crippen molar-refractivity contribution in [3.05, 3.63) is 24.3 Å². The standard InChI is InChI=1S/C8H10BNO3/c1-13-6-10-8-5-3-2-4-7(8)9(11)12/h2-6,11-12H,1H3/b10-6+. The minimum atomic E-state index is -1.51. The Kier molecular flexibility index (Phi) is 3.48. The molecule has 0 aliphatic heterocycles. The van der Waals surface area contributed by atoms with Crippen molar-refractivity contribution in [2.45, 2.75) is 0 Å². The second kappa shape index (κ2) is 4.64. The number of ether oxygens (including phenoxy) is 1. The minimum Gasteiger partial charge on any atom is -0.486 e. The van der Waals surface area contributed by atoms with Crippen LogP contribution in [0.3, 0.4) is 0 Å². The molecule has 5 heteroatoms. The van der Waals surface area contributed by atoms with Gasteiger partial charge in [0.25, 0.3) is 0 Å². The average molecular weight is 179 g/mol. The molecule has 1 aromatic rings. The molecule has 0 spiro atoms. The van der Waals surface area contributed by atoms with E-state index in [0.717, 1.165) is 0 Å². The first kappa shape index (κ1) is 9.76. The van der Waals surface area contributed by atoms with Crippen molar-refractivity contribution < 1.29 is 14.8 Å². The van der Waals surface area contributed by atoms with Crippen molar-refractivity contribution in [2.24, 2.45) is 4.99 Å². The van der Waals surface area contributed by atoms with Crippen molar-refractivity contribution in [3.63, 3.8) is 0 Å². The van der Waals surface area contributed by atoms with Gasteiger partial charge in [0, 0.05) is 5.46 Å². The summed E-state index contributed by atoms with van der Waals surface area (Å²) in [6.07, 6.45) is 1.24. The molecule has 0 radical (unpaired) electrons. The van der Waals surface area contributed by atoms with Crippen molar-refractivity contribution >= 4 is 24.7 Å². The van der Waals surface area contributed by atoms with Gasteiger partial charge in [0.2, 0.25) is 0 Å². The molecule has 0 amide bonds. The van der Waals surface area contributed by atoms with E-state index in [1.54, 1.807) is 24.3 Å². The lowest BCUT2D eigenvalue weighted by Gasteiger charge is -2.02. The molecule has 0 fully saturated rings. The summed E-state index contributed by atoms with van der Waals surface area (Å²) >= 11 is 0. The third-order valence-corrected chi connectivity index (χ3v) is 1.51. The van der Waals surface area contributed by atoms with Crippen LogP contribution in [0.1, 0.15) is 0 Å². The van der Waals surface area contributed by atoms with E-state index in [4.69, 9.17) is 10.0 Å². The summed E-state index contributed by atoms with van der Waals surface area (Å²) in [5, 5.41) is 17.9. The molecule has 0 saturated heterocycles. The summed E-state index contributed by atoms with van der Waals surface area (Å²) in [6.45, 7) is 0. The highest BCUT2D eigenvalue weighted by atomic mass is 16.5. The molecule has 0 heterocycles. The van der Waals surface area contributed by atoms with E-state index in [2.05, 4.69) is 9.73 Å². The Morgan fingerprint density at radius 2 is 2.08 bits per heavy atom. The van der Waals surface area contributed by atoms with Crippen LogP contribution in [0.4, 0.5) is 5.69 Å². The van der Waals surface area contributed by atoms with Crippen LogP contribution in [0, 0.1) is 0 Å². The van der Waals surface area contributed by atoms with Crippen molar-refractivity contribution in [1.82, 2.24) is 0 Å². The zero-order valence-corrected chi connectivity index (χ0v) is 7.21. The highest BCUT2D eigenvalue weighted by Gasteiger charge is 2.14. The molecule has 0 unspecified atom stereocenters. The third-order valence-electron chi connectivity index (χ3n) is 1.51. The Labute approximate surface area is 76.7 Å². The van der Waals surface area contributed by atoms with Crippen LogP contribution in [0.15, 0.2) is 29.3 Å². The summed E-state index contributed by atoms with van der Waals surface area (Å²) in [5.41, 5.74) is 0.843. The minimum absolute atomic E-state index is 0.357. The normalized spacial score (nSPS) is 10.4. The van der Waals surface area contributed by atoms with Crippen molar-refractivity contribution in [1.29, 1.82) is 0 Å². The molecule has 0 bridgehead atoms. The highest BCUT2D eigenvalue weighted by Crippen LogP contribution is 2.06. The van der Waals surface area contributed by atoms with Gasteiger partial charge in [-0.2, -0.15) is 0 Å². The molecular weight excluding hydrogens is 169 g/mol. The van der Waals surface area contributed by atoms with Gasteiger partial charge in [0.05, 0.1) is 12.8 Å². The topological polar surface area (TPSA) is 62.0 Å². The van der Waals surface area contributed by atoms with E-state index in [0.29, 0.717) is 11.2 Å². The first-order chi connectivity index (χ1) is 6.25. The van der Waals surface area contributed by atoms with Crippen molar-refractivity contribution in [2.75, 3.05) is 7.11 Å². The fourth-order valence-electron chi connectivity index (χ4n) is 0.933. The molecule has 68 valence electrons. The summed E-state index contributed by atoms with van der Waals surface area (Å²) < 4.78 is 4.63. The molecule has 1 aromatic carbocycles. The summed E-state index contributed by atoms with van der Waals surface area (Å²) in [6, 6.07) is 6.73. The van der Waals surface area contributed by atoms with Gasteiger partial charge in [-0.25, -0.2) is 4.99 Å². The predicted octanol–water partition coefficient (Wildman–Crippen LogP) is -0.327. The maximum atomic E-state index is 8.94. The fourth-order valence-corrected chi connectivity index (χ4v) is 0.933. The van der Waals surface area contributed by atoms with E-state index in [1.807, 2.05) is 0 Å². The van der Waals surface area contributed by atoms with Crippen LogP contribution in [0.5, 0.6) is 0 Å². The number of para-hydroxylation sites is 1. The maximum Gasteiger partial charge on any atom is 0.490 e. The zero-order valence-electron chi connectivity index (χ0n) is 7.21. The van der Waals surface area contributed by atoms with Crippen LogP contribution >= 0.6 is 0 Å². The van der Waals surface area contributed by atoms with Crippen LogP contribution in [0.25, 0.3) is 0 Å². The summed E-state index contributed by atoms with van der Waals surface area (Å²) in [7, 11) is -0.0354. The van der Waals surface area contributed by atoms with Gasteiger partial charge < -0.3 is 14.8 Å². The molecule has 2 N–H and O–H groups in total. The predicted molar refractivity (Wildman–Crippen MR) is 51.4 cm³/mol. The Bertz CT molecular complexity index is 301. The molecule has 4 nitrogen and oxygen atoms in total. The number of hydrogen-bond donors (Lipinski definition) is 2. The quantitative estimate of drug-likeness (QED) is 0.379. The second-order valence-electron chi connectivity index (χ2n) is 2.40. The fraction of sp³-hybridized carbons (Fsp3) is 0.125. The van der Waals surface area contributed by atoms with E-state index in [1.165, 1.54) is 13.5 Å². The molecule has 0 saturated carbocycles. The maximum absolute atomic E-state index is 8.94. The monoisotopic (exact) mass is 179 g/mol. The summed E-state index contributed by atoms with van der Waals surface area (Å²) in [4.78, 5) is 3.88. The number of benzene rings is 1. The first-order valence-corrected chi connectivity index (χ1v) is 3.76. The van der Waals surface area contributed by atoms with Crippen LogP contribution < -0.4 is 5.46 Å². The Morgan fingerprint density at radius 3 is 2.69 bits per heavy atom. The van der Waals surface area contributed by atoms with Gasteiger partial charge in [0.15, 0.2) is 6.40 Å². The molecule has 1 rings (SSSR count). The molecule has 0 aliphatic carbocycles. The van der Waals surface area contributed by atoms with Crippen LogP contribution in [-0.2, 0) is 4.74 Å². The lowest BCUT2D eigenvalue weighted by Crippen LogP contribution is -2.29. The first-order valence-electron chi connectivity index (χ1n) is 3.76. The Hall–Kier alpha value is -1.33. The lowest BCUT2D eigenvalue weighted by molar-refractivity contribution is 0.422. The number of nitrogens with zero attached hydrogens (tertiary/aromatic N) is 1. The Morgan fingerprint density at radius 1 is 1.38 bits per heavy atom. The van der Waals surface area contributed by atoms with Gasteiger partial charge in [-0.05, 0) is 6.07 Å². The number of rotatable bonds is 3. The molecule has 13 heavy (non-hydrogen) atoms. The van der Waals surface area contributed by atoms with E-state index < -0.39 is 7.12 Å². The van der Waals surface area contributed by atoms with Gasteiger partial charge in [0.1, 0.15) is 0 Å². The van der Waals surface area contributed by atoms with Gasteiger partial charge >= 0.3 is 7.12 Å². The highest BCUT2D eigenvalue weighted by molar-refractivity contribution is 6.60. The van der Waals surface area contributed by atoms with Crippen LogP contribution in [0.2, 0.25) is 0 Å². The van der Waals surface area contributed by atoms with Gasteiger partial charge in [-0.15, -0.1) is 0 Å².